The van der Waals surface area contributed by atoms with Crippen LogP contribution in [0.2, 0.25) is 0 Å². The van der Waals surface area contributed by atoms with Crippen LogP contribution in [0.15, 0.2) is 52.3 Å². The molecule has 1 N–H and O–H groups in total. The molecule has 0 bridgehead atoms. The summed E-state index contributed by atoms with van der Waals surface area (Å²) in [7, 11) is -2.45. The van der Waals surface area contributed by atoms with Gasteiger partial charge >= 0.3 is 0 Å². The molecule has 32 heavy (non-hydrogen) atoms. The van der Waals surface area contributed by atoms with Crippen molar-refractivity contribution in [2.45, 2.75) is 50.6 Å². The molecule has 0 saturated heterocycles. The molecule has 1 aromatic carbocycles. The first-order chi connectivity index (χ1) is 15.4. The normalized spacial score (nSPS) is 13.6. The Hall–Kier alpha value is -3.04. The number of hydrogen-bond acceptors (Lipinski definition) is 6. The quantitative estimate of drug-likeness (QED) is 0.589. The molecule has 1 aliphatic carbocycles. The number of methoxy groups -OCH3 is 1. The average molecular weight is 455 g/mol. The van der Waals surface area contributed by atoms with Crippen LogP contribution in [0.5, 0.6) is 5.75 Å². The van der Waals surface area contributed by atoms with E-state index in [2.05, 4.69) is 14.8 Å². The summed E-state index contributed by atoms with van der Waals surface area (Å²) in [5, 5.41) is 4.58. The smallest absolute Gasteiger partial charge is 0.270 e. The molecule has 8 nitrogen and oxygen atoms in total. The van der Waals surface area contributed by atoms with Crippen LogP contribution in [0.4, 0.5) is 0 Å². The van der Waals surface area contributed by atoms with Gasteiger partial charge in [0, 0.05) is 23.9 Å². The minimum Gasteiger partial charge on any atom is -0.495 e. The van der Waals surface area contributed by atoms with E-state index in [1.807, 2.05) is 6.92 Å². The van der Waals surface area contributed by atoms with Crippen molar-refractivity contribution in [3.63, 3.8) is 0 Å². The van der Waals surface area contributed by atoms with Crippen molar-refractivity contribution in [3.05, 3.63) is 69.8 Å². The lowest BCUT2D eigenvalue weighted by molar-refractivity contribution is 0.402. The topological polar surface area (TPSA) is 103 Å². The molecule has 9 heteroatoms. The molecule has 2 aromatic heterocycles. The molecule has 2 heterocycles. The molecular weight excluding hydrogens is 428 g/mol. The second-order valence-corrected chi connectivity index (χ2v) is 9.38. The van der Waals surface area contributed by atoms with Gasteiger partial charge in [0.2, 0.25) is 10.0 Å². The molecule has 0 saturated carbocycles. The summed E-state index contributed by atoms with van der Waals surface area (Å²) in [5.41, 5.74) is 3.56. The van der Waals surface area contributed by atoms with Crippen molar-refractivity contribution in [3.8, 4) is 17.0 Å². The van der Waals surface area contributed by atoms with Gasteiger partial charge in [0.1, 0.15) is 10.6 Å². The Bertz CT molecular complexity index is 1290. The molecule has 0 fully saturated rings. The van der Waals surface area contributed by atoms with Crippen LogP contribution in [0.3, 0.4) is 0 Å². The predicted octanol–water partition coefficient (Wildman–Crippen LogP) is 2.69. The molecule has 1 aliphatic rings. The fraction of sp³-hybridized carbons (Fsp3) is 0.348. The SMILES string of the molecule is CCn1nc(-c2ccc(OC)c(S(=O)(=O)NCc3ccccn3)c2)c2c(c1=O)CCCC2. The van der Waals surface area contributed by atoms with Crippen LogP contribution in [-0.2, 0) is 36.0 Å². The van der Waals surface area contributed by atoms with E-state index >= 15 is 0 Å². The van der Waals surface area contributed by atoms with Crippen molar-refractivity contribution >= 4 is 10.0 Å². The maximum Gasteiger partial charge on any atom is 0.270 e. The van der Waals surface area contributed by atoms with E-state index in [-0.39, 0.29) is 22.7 Å². The molecule has 0 amide bonds. The van der Waals surface area contributed by atoms with Crippen LogP contribution in [-0.4, -0.2) is 30.3 Å². The highest BCUT2D eigenvalue weighted by molar-refractivity contribution is 7.89. The van der Waals surface area contributed by atoms with Gasteiger partial charge in [-0.25, -0.2) is 17.8 Å². The lowest BCUT2D eigenvalue weighted by Gasteiger charge is -2.20. The fourth-order valence-electron chi connectivity index (χ4n) is 4.01. The Morgan fingerprint density at radius 3 is 2.59 bits per heavy atom. The summed E-state index contributed by atoms with van der Waals surface area (Å²) in [6.07, 6.45) is 5.03. The van der Waals surface area contributed by atoms with Gasteiger partial charge in [0.05, 0.1) is 25.0 Å². The molecule has 0 radical (unpaired) electrons. The lowest BCUT2D eigenvalue weighted by Crippen LogP contribution is -2.30. The van der Waals surface area contributed by atoms with Gasteiger partial charge < -0.3 is 4.74 Å². The summed E-state index contributed by atoms with van der Waals surface area (Å²) < 4.78 is 35.7. The van der Waals surface area contributed by atoms with Gasteiger partial charge in [-0.05, 0) is 68.5 Å². The highest BCUT2D eigenvalue weighted by atomic mass is 32.2. The molecule has 168 valence electrons. The number of benzene rings is 1. The maximum absolute atomic E-state index is 13.1. The maximum atomic E-state index is 13.1. The zero-order chi connectivity index (χ0) is 22.7. The second-order valence-electron chi connectivity index (χ2n) is 7.65. The Balaban J connectivity index is 1.78. The van der Waals surface area contributed by atoms with Crippen LogP contribution >= 0.6 is 0 Å². The summed E-state index contributed by atoms with van der Waals surface area (Å²) in [4.78, 5) is 16.9. The highest BCUT2D eigenvalue weighted by Crippen LogP contribution is 2.33. The van der Waals surface area contributed by atoms with Crippen LogP contribution < -0.4 is 15.0 Å². The third-order valence-electron chi connectivity index (χ3n) is 5.66. The highest BCUT2D eigenvalue weighted by Gasteiger charge is 2.24. The van der Waals surface area contributed by atoms with E-state index in [1.165, 1.54) is 11.8 Å². The van der Waals surface area contributed by atoms with Gasteiger partial charge in [-0.1, -0.05) is 6.07 Å². The van der Waals surface area contributed by atoms with E-state index in [1.54, 1.807) is 42.6 Å². The van der Waals surface area contributed by atoms with E-state index in [0.717, 1.165) is 36.8 Å². The Kier molecular flexibility index (Phi) is 6.38. The molecular formula is C23H26N4O4S. The number of fused-ring (bicyclic) bond motifs is 1. The largest absolute Gasteiger partial charge is 0.495 e. The van der Waals surface area contributed by atoms with E-state index in [0.29, 0.717) is 23.5 Å². The van der Waals surface area contributed by atoms with Crippen molar-refractivity contribution in [1.82, 2.24) is 19.5 Å². The van der Waals surface area contributed by atoms with Gasteiger partial charge in [-0.2, -0.15) is 5.10 Å². The van der Waals surface area contributed by atoms with Gasteiger partial charge in [-0.3, -0.25) is 9.78 Å². The molecule has 0 atom stereocenters. The average Bonchev–Trinajstić information content (AvgIpc) is 2.83. The van der Waals surface area contributed by atoms with E-state index in [9.17, 15) is 13.2 Å². The fourth-order valence-corrected chi connectivity index (χ4v) is 5.21. The molecule has 0 spiro atoms. The number of nitrogens with one attached hydrogen (secondary N) is 1. The Morgan fingerprint density at radius 2 is 1.91 bits per heavy atom. The Morgan fingerprint density at radius 1 is 1.12 bits per heavy atom. The van der Waals surface area contributed by atoms with Gasteiger partial charge in [0.25, 0.3) is 5.56 Å². The van der Waals surface area contributed by atoms with Crippen molar-refractivity contribution in [2.75, 3.05) is 7.11 Å². The first kappa shape index (κ1) is 22.2. The zero-order valence-corrected chi connectivity index (χ0v) is 19.0. The second kappa shape index (κ2) is 9.22. The predicted molar refractivity (Wildman–Crippen MR) is 121 cm³/mol. The molecule has 0 aliphatic heterocycles. The van der Waals surface area contributed by atoms with Gasteiger partial charge in [-0.15, -0.1) is 0 Å². The van der Waals surface area contributed by atoms with Crippen molar-refractivity contribution in [1.29, 1.82) is 0 Å². The number of hydrogen-bond donors (Lipinski definition) is 1. The molecule has 4 rings (SSSR count). The Labute approximate surface area is 187 Å². The van der Waals surface area contributed by atoms with Crippen LogP contribution in [0.1, 0.15) is 36.6 Å². The monoisotopic (exact) mass is 454 g/mol. The first-order valence-electron chi connectivity index (χ1n) is 10.7. The molecule has 3 aromatic rings. The van der Waals surface area contributed by atoms with Crippen molar-refractivity contribution < 1.29 is 13.2 Å². The minimum atomic E-state index is -3.89. The number of aryl methyl sites for hydroxylation is 1. The summed E-state index contributed by atoms with van der Waals surface area (Å²) in [6.45, 7) is 2.38. The molecule has 0 unspecified atom stereocenters. The van der Waals surface area contributed by atoms with E-state index in [4.69, 9.17) is 4.74 Å². The van der Waals surface area contributed by atoms with Crippen molar-refractivity contribution in [2.24, 2.45) is 0 Å². The third kappa shape index (κ3) is 4.31. The summed E-state index contributed by atoms with van der Waals surface area (Å²) in [5.74, 6) is 0.236. The number of aromatic nitrogens is 3. The number of sulfonamides is 1. The number of nitrogens with zero attached hydrogens (tertiary/aromatic N) is 3. The van der Waals surface area contributed by atoms with Crippen LogP contribution in [0.25, 0.3) is 11.3 Å². The number of rotatable bonds is 7. The zero-order valence-electron chi connectivity index (χ0n) is 18.2. The standard InChI is InChI=1S/C23H26N4O4S/c1-3-27-23(28)19-10-5-4-9-18(19)22(26-27)16-11-12-20(31-2)21(14-16)32(29,30)25-15-17-8-6-7-13-24-17/h6-8,11-14,25H,3-5,9-10,15H2,1-2H3. The van der Waals surface area contributed by atoms with E-state index < -0.39 is 10.0 Å². The third-order valence-corrected chi connectivity index (χ3v) is 7.08. The van der Waals surface area contributed by atoms with Gasteiger partial charge in [0.15, 0.2) is 0 Å². The summed E-state index contributed by atoms with van der Waals surface area (Å²) in [6, 6.07) is 10.3. The lowest BCUT2D eigenvalue weighted by atomic mass is 9.90. The summed E-state index contributed by atoms with van der Waals surface area (Å²) >= 11 is 0. The number of ether oxygens (including phenoxy) is 1. The number of pyridine rings is 1. The van der Waals surface area contributed by atoms with Crippen LogP contribution in [0, 0.1) is 0 Å². The minimum absolute atomic E-state index is 0.0223. The first-order valence-corrected chi connectivity index (χ1v) is 12.1.